The highest BCUT2D eigenvalue weighted by molar-refractivity contribution is 7.99. The molecule has 1 fully saturated rings. The van der Waals surface area contributed by atoms with E-state index in [2.05, 4.69) is 0 Å². The van der Waals surface area contributed by atoms with Gasteiger partial charge in [0.05, 0.1) is 19.2 Å². The Labute approximate surface area is 117 Å². The average molecular weight is 281 g/mol. The quantitative estimate of drug-likeness (QED) is 0.838. The molecule has 4 nitrogen and oxygen atoms in total. The number of carbonyl (C=O) groups is 1. The summed E-state index contributed by atoms with van der Waals surface area (Å²) >= 11 is 1.95. The minimum Gasteiger partial charge on any atom is -0.492 e. The van der Waals surface area contributed by atoms with Crippen LogP contribution < -0.4 is 15.2 Å². The fraction of sp³-hybridized carbons (Fsp3) is 0.500. The number of hydrogen-bond acceptors (Lipinski definition) is 5. The summed E-state index contributed by atoms with van der Waals surface area (Å²) in [5.41, 5.74) is 5.91. The van der Waals surface area contributed by atoms with Gasteiger partial charge < -0.3 is 15.2 Å². The van der Waals surface area contributed by atoms with E-state index < -0.39 is 0 Å². The minimum atomic E-state index is -0.138. The van der Waals surface area contributed by atoms with Crippen molar-refractivity contribution in [2.24, 2.45) is 5.73 Å². The predicted molar refractivity (Wildman–Crippen MR) is 77.4 cm³/mol. The van der Waals surface area contributed by atoms with Gasteiger partial charge in [-0.1, -0.05) is 6.07 Å². The summed E-state index contributed by atoms with van der Waals surface area (Å²) < 4.78 is 11.3. The number of hydrogen-bond donors (Lipinski definition) is 1. The summed E-state index contributed by atoms with van der Waals surface area (Å²) in [5, 5.41) is 0. The normalized spacial score (nSPS) is 16.1. The van der Waals surface area contributed by atoms with Crippen LogP contribution in [-0.2, 0) is 0 Å². The van der Waals surface area contributed by atoms with Gasteiger partial charge in [-0.15, -0.1) is 0 Å². The third-order valence-electron chi connectivity index (χ3n) is 3.13. The number of Topliss-reactive ketones (excluding diaryl/α,β-unsaturated/α-hetero) is 1. The lowest BCUT2D eigenvalue weighted by atomic mass is 10.1. The number of ether oxygens (including phenoxy) is 2. The molecule has 19 heavy (non-hydrogen) atoms. The van der Waals surface area contributed by atoms with Gasteiger partial charge in [-0.25, -0.2) is 0 Å². The van der Waals surface area contributed by atoms with Gasteiger partial charge in [0.15, 0.2) is 17.3 Å². The number of thioether (sulfide) groups is 1. The van der Waals surface area contributed by atoms with E-state index >= 15 is 0 Å². The Kier molecular flexibility index (Phi) is 5.10. The van der Waals surface area contributed by atoms with E-state index in [1.165, 1.54) is 0 Å². The summed E-state index contributed by atoms with van der Waals surface area (Å²) in [6, 6.07) is 5.36. The fourth-order valence-corrected chi connectivity index (χ4v) is 3.19. The van der Waals surface area contributed by atoms with E-state index in [9.17, 15) is 4.79 Å². The number of ketones is 1. The summed E-state index contributed by atoms with van der Waals surface area (Å²) in [6.45, 7) is -0.0279. The molecular weight excluding hydrogens is 262 g/mol. The smallest absolute Gasteiger partial charge is 0.180 e. The van der Waals surface area contributed by atoms with Gasteiger partial charge in [0.1, 0.15) is 6.10 Å². The highest BCUT2D eigenvalue weighted by Crippen LogP contribution is 2.33. The molecule has 0 radical (unpaired) electrons. The first-order chi connectivity index (χ1) is 9.26. The fourth-order valence-electron chi connectivity index (χ4n) is 2.12. The molecule has 104 valence electrons. The number of carbonyl (C=O) groups excluding carboxylic acids is 1. The molecule has 0 saturated carbocycles. The van der Waals surface area contributed by atoms with Gasteiger partial charge >= 0.3 is 0 Å². The number of rotatable bonds is 5. The zero-order valence-corrected chi connectivity index (χ0v) is 11.9. The van der Waals surface area contributed by atoms with E-state index in [-0.39, 0.29) is 18.4 Å². The Morgan fingerprint density at radius 1 is 1.42 bits per heavy atom. The van der Waals surface area contributed by atoms with E-state index in [0.717, 1.165) is 24.3 Å². The van der Waals surface area contributed by atoms with Crippen molar-refractivity contribution in [3.8, 4) is 11.5 Å². The second-order valence-electron chi connectivity index (χ2n) is 4.39. The van der Waals surface area contributed by atoms with E-state index in [4.69, 9.17) is 15.2 Å². The van der Waals surface area contributed by atoms with Crippen LogP contribution in [0, 0.1) is 0 Å². The van der Waals surface area contributed by atoms with Crippen LogP contribution in [0.15, 0.2) is 18.2 Å². The molecule has 1 aliphatic rings. The number of para-hydroxylation sites is 1. The van der Waals surface area contributed by atoms with Crippen molar-refractivity contribution < 1.29 is 14.3 Å². The molecule has 0 unspecified atom stereocenters. The van der Waals surface area contributed by atoms with Crippen LogP contribution in [0.25, 0.3) is 0 Å². The summed E-state index contributed by atoms with van der Waals surface area (Å²) in [4.78, 5) is 11.8. The number of methoxy groups -OCH3 is 1. The van der Waals surface area contributed by atoms with Crippen molar-refractivity contribution in [1.29, 1.82) is 0 Å². The zero-order valence-electron chi connectivity index (χ0n) is 11.1. The predicted octanol–water partition coefficient (Wildman–Crippen LogP) is 2.11. The maximum Gasteiger partial charge on any atom is 0.180 e. The molecule has 0 atom stereocenters. The van der Waals surface area contributed by atoms with Gasteiger partial charge in [0.25, 0.3) is 0 Å². The number of nitrogens with two attached hydrogens (primary N) is 1. The number of benzene rings is 1. The summed E-state index contributed by atoms with van der Waals surface area (Å²) in [6.07, 6.45) is 2.27. The first-order valence-electron chi connectivity index (χ1n) is 6.41. The molecule has 2 rings (SSSR count). The lowest BCUT2D eigenvalue weighted by Gasteiger charge is -2.24. The summed E-state index contributed by atoms with van der Waals surface area (Å²) in [5.74, 6) is 3.24. The molecule has 0 spiro atoms. The molecule has 2 N–H and O–H groups in total. The first-order valence-corrected chi connectivity index (χ1v) is 7.56. The monoisotopic (exact) mass is 281 g/mol. The van der Waals surface area contributed by atoms with Crippen LogP contribution in [0.2, 0.25) is 0 Å². The third kappa shape index (κ3) is 3.42. The maximum absolute atomic E-state index is 11.8. The molecule has 1 heterocycles. The van der Waals surface area contributed by atoms with Crippen LogP contribution in [0.5, 0.6) is 11.5 Å². The average Bonchev–Trinajstić information content (AvgIpc) is 2.47. The first kappa shape index (κ1) is 14.2. The molecular formula is C14H19NO3S. The van der Waals surface area contributed by atoms with Crippen LogP contribution >= 0.6 is 11.8 Å². The van der Waals surface area contributed by atoms with Crippen molar-refractivity contribution >= 4 is 17.5 Å². The molecule has 0 aliphatic carbocycles. The van der Waals surface area contributed by atoms with Crippen molar-refractivity contribution in [1.82, 2.24) is 0 Å². The molecule has 1 aliphatic heterocycles. The summed E-state index contributed by atoms with van der Waals surface area (Å²) in [7, 11) is 1.55. The van der Waals surface area contributed by atoms with Gasteiger partial charge in [-0.2, -0.15) is 11.8 Å². The molecule has 0 aromatic heterocycles. The Balaban J connectivity index is 2.21. The highest BCUT2D eigenvalue weighted by Gasteiger charge is 2.20. The minimum absolute atomic E-state index is 0.0279. The third-order valence-corrected chi connectivity index (χ3v) is 4.18. The second kappa shape index (κ2) is 6.82. The van der Waals surface area contributed by atoms with Crippen molar-refractivity contribution in [2.75, 3.05) is 25.2 Å². The molecule has 1 aromatic rings. The van der Waals surface area contributed by atoms with Gasteiger partial charge in [0, 0.05) is 0 Å². The maximum atomic E-state index is 11.8. The van der Waals surface area contributed by atoms with Gasteiger partial charge in [0.2, 0.25) is 0 Å². The lowest BCUT2D eigenvalue weighted by Crippen LogP contribution is -2.23. The van der Waals surface area contributed by atoms with Crippen molar-refractivity contribution in [3.63, 3.8) is 0 Å². The Morgan fingerprint density at radius 2 is 2.16 bits per heavy atom. The van der Waals surface area contributed by atoms with Crippen LogP contribution in [-0.4, -0.2) is 37.0 Å². The Hall–Kier alpha value is -1.20. The Bertz CT molecular complexity index is 444. The van der Waals surface area contributed by atoms with Crippen LogP contribution in [0.1, 0.15) is 23.2 Å². The van der Waals surface area contributed by atoms with Crippen LogP contribution in [0.4, 0.5) is 0 Å². The van der Waals surface area contributed by atoms with E-state index in [0.29, 0.717) is 17.1 Å². The van der Waals surface area contributed by atoms with Gasteiger partial charge in [-0.3, -0.25) is 4.79 Å². The van der Waals surface area contributed by atoms with E-state index in [1.54, 1.807) is 19.2 Å². The Morgan fingerprint density at radius 3 is 2.79 bits per heavy atom. The lowest BCUT2D eigenvalue weighted by molar-refractivity contribution is 0.0996. The van der Waals surface area contributed by atoms with Crippen molar-refractivity contribution in [3.05, 3.63) is 23.8 Å². The molecule has 0 bridgehead atoms. The molecule has 1 saturated heterocycles. The SMILES string of the molecule is COc1c(OC2CCSCC2)cccc1C(=O)CN. The zero-order chi connectivity index (χ0) is 13.7. The van der Waals surface area contributed by atoms with E-state index in [1.807, 2.05) is 17.8 Å². The molecule has 5 heteroatoms. The van der Waals surface area contributed by atoms with Crippen molar-refractivity contribution in [2.45, 2.75) is 18.9 Å². The second-order valence-corrected chi connectivity index (χ2v) is 5.62. The highest BCUT2D eigenvalue weighted by atomic mass is 32.2. The van der Waals surface area contributed by atoms with Crippen LogP contribution in [0.3, 0.4) is 0 Å². The largest absolute Gasteiger partial charge is 0.492 e. The molecule has 1 aromatic carbocycles. The van der Waals surface area contributed by atoms with Gasteiger partial charge in [-0.05, 0) is 36.5 Å². The molecule has 0 amide bonds. The standard InChI is InChI=1S/C14H19NO3S/c1-17-14-11(12(16)9-15)3-2-4-13(14)18-10-5-7-19-8-6-10/h2-4,10H,5-9,15H2,1H3. The topological polar surface area (TPSA) is 61.5 Å².